The maximum Gasteiger partial charge on any atom is 0.365 e. The Bertz CT molecular complexity index is 501. The molecular formula is C14H15FO2. The molecule has 0 bridgehead atoms. The van der Waals surface area contributed by atoms with Gasteiger partial charge in [-0.05, 0) is 29.4 Å². The lowest BCUT2D eigenvalue weighted by Crippen LogP contribution is -2.24. The Kier molecular flexibility index (Phi) is 2.77. The molecule has 0 atom stereocenters. The second-order valence-electron chi connectivity index (χ2n) is 5.03. The number of halogens is 1. The highest BCUT2D eigenvalue weighted by atomic mass is 19.1. The Labute approximate surface area is 99.8 Å². The third-order valence-electron chi connectivity index (χ3n) is 3.43. The van der Waals surface area contributed by atoms with Gasteiger partial charge in [0, 0.05) is 5.57 Å². The van der Waals surface area contributed by atoms with E-state index in [1.54, 1.807) is 6.07 Å². The van der Waals surface area contributed by atoms with Gasteiger partial charge in [-0.1, -0.05) is 38.1 Å². The summed E-state index contributed by atoms with van der Waals surface area (Å²) in [4.78, 5) is 10.7. The van der Waals surface area contributed by atoms with Crippen molar-refractivity contribution in [2.45, 2.75) is 32.1 Å². The highest BCUT2D eigenvalue weighted by molar-refractivity contribution is 5.95. The lowest BCUT2D eigenvalue weighted by Gasteiger charge is -2.33. The van der Waals surface area contributed by atoms with Crippen LogP contribution in [0.15, 0.2) is 30.1 Å². The van der Waals surface area contributed by atoms with Crippen molar-refractivity contribution in [2.75, 3.05) is 0 Å². The summed E-state index contributed by atoms with van der Waals surface area (Å²) in [6.07, 6.45) is 1.24. The van der Waals surface area contributed by atoms with Crippen LogP contribution in [0.4, 0.5) is 4.39 Å². The van der Waals surface area contributed by atoms with Crippen LogP contribution in [0, 0.1) is 0 Å². The minimum atomic E-state index is -1.48. The number of rotatable bonds is 1. The third kappa shape index (κ3) is 1.97. The number of fused-ring (bicyclic) bond motifs is 1. The Hall–Kier alpha value is -1.64. The predicted octanol–water partition coefficient (Wildman–Crippen LogP) is 3.52. The second-order valence-corrected chi connectivity index (χ2v) is 5.03. The molecule has 1 aliphatic carbocycles. The maximum absolute atomic E-state index is 13.6. The zero-order valence-electron chi connectivity index (χ0n) is 9.96. The number of benzene rings is 1. The van der Waals surface area contributed by atoms with Crippen LogP contribution in [0.25, 0.3) is 5.57 Å². The molecule has 3 heteroatoms. The van der Waals surface area contributed by atoms with Gasteiger partial charge in [0.15, 0.2) is 0 Å². The molecule has 0 aromatic heterocycles. The average molecular weight is 234 g/mol. The summed E-state index contributed by atoms with van der Waals surface area (Å²) in [6, 6.07) is 7.47. The number of carbonyl (C=O) groups is 1. The van der Waals surface area contributed by atoms with Crippen LogP contribution >= 0.6 is 0 Å². The van der Waals surface area contributed by atoms with Crippen molar-refractivity contribution >= 4 is 11.5 Å². The Balaban J connectivity index is 2.64. The standard InChI is InChI=1S/C14H15FO2/c1-14(2)8-7-10(12(15)13(16)17)9-5-3-4-6-11(9)14/h3-6H,7-8H2,1-2H3,(H,16,17). The van der Waals surface area contributed by atoms with Gasteiger partial charge >= 0.3 is 5.97 Å². The number of carboxylic acid groups (broad SMARTS) is 1. The quantitative estimate of drug-likeness (QED) is 0.755. The average Bonchev–Trinajstić information content (AvgIpc) is 2.28. The molecular weight excluding hydrogens is 219 g/mol. The molecule has 0 radical (unpaired) electrons. The van der Waals surface area contributed by atoms with Gasteiger partial charge in [0.05, 0.1) is 0 Å². The van der Waals surface area contributed by atoms with E-state index in [1.165, 1.54) is 0 Å². The first-order valence-electron chi connectivity index (χ1n) is 5.65. The minimum absolute atomic E-state index is 0.0289. The highest BCUT2D eigenvalue weighted by Crippen LogP contribution is 2.43. The molecule has 0 amide bonds. The first-order chi connectivity index (χ1) is 7.93. The van der Waals surface area contributed by atoms with Gasteiger partial charge in [0.2, 0.25) is 5.83 Å². The number of carboxylic acids is 1. The molecule has 1 aliphatic rings. The summed E-state index contributed by atoms with van der Waals surface area (Å²) in [7, 11) is 0. The fourth-order valence-corrected chi connectivity index (χ4v) is 2.40. The monoisotopic (exact) mass is 234 g/mol. The first-order valence-corrected chi connectivity index (χ1v) is 5.65. The molecule has 0 saturated heterocycles. The predicted molar refractivity (Wildman–Crippen MR) is 64.4 cm³/mol. The van der Waals surface area contributed by atoms with Gasteiger partial charge in [-0.25, -0.2) is 4.79 Å². The fourth-order valence-electron chi connectivity index (χ4n) is 2.40. The van der Waals surface area contributed by atoms with Crippen LogP contribution in [-0.4, -0.2) is 11.1 Å². The van der Waals surface area contributed by atoms with Crippen molar-refractivity contribution in [2.24, 2.45) is 0 Å². The van der Waals surface area contributed by atoms with Gasteiger partial charge in [0.1, 0.15) is 0 Å². The lowest BCUT2D eigenvalue weighted by molar-refractivity contribution is -0.134. The molecule has 1 aromatic carbocycles. The molecule has 0 saturated carbocycles. The largest absolute Gasteiger partial charge is 0.476 e. The van der Waals surface area contributed by atoms with E-state index in [0.29, 0.717) is 12.0 Å². The van der Waals surface area contributed by atoms with Crippen LogP contribution in [0.2, 0.25) is 0 Å². The van der Waals surface area contributed by atoms with E-state index in [1.807, 2.05) is 18.2 Å². The molecule has 0 heterocycles. The lowest BCUT2D eigenvalue weighted by atomic mass is 9.71. The number of allylic oxidation sites excluding steroid dienone is 1. The molecule has 2 rings (SSSR count). The summed E-state index contributed by atoms with van der Waals surface area (Å²) in [5.74, 6) is -2.50. The van der Waals surface area contributed by atoms with E-state index in [4.69, 9.17) is 5.11 Å². The Morgan fingerprint density at radius 3 is 2.65 bits per heavy atom. The van der Waals surface area contributed by atoms with Crippen molar-refractivity contribution in [3.05, 3.63) is 41.2 Å². The molecule has 1 aromatic rings. The van der Waals surface area contributed by atoms with E-state index in [0.717, 1.165) is 17.5 Å². The zero-order chi connectivity index (χ0) is 12.6. The fraction of sp³-hybridized carbons (Fsp3) is 0.357. The molecule has 0 spiro atoms. The van der Waals surface area contributed by atoms with E-state index < -0.39 is 11.8 Å². The SMILES string of the molecule is CC1(C)CCC(=C(F)C(=O)O)c2ccccc21. The maximum atomic E-state index is 13.6. The highest BCUT2D eigenvalue weighted by Gasteiger charge is 2.31. The number of hydrogen-bond acceptors (Lipinski definition) is 1. The van der Waals surface area contributed by atoms with E-state index >= 15 is 0 Å². The van der Waals surface area contributed by atoms with E-state index in [-0.39, 0.29) is 5.41 Å². The van der Waals surface area contributed by atoms with E-state index in [2.05, 4.69) is 13.8 Å². The molecule has 90 valence electrons. The Morgan fingerprint density at radius 2 is 2.00 bits per heavy atom. The molecule has 0 aliphatic heterocycles. The summed E-state index contributed by atoms with van der Waals surface area (Å²) < 4.78 is 13.6. The van der Waals surface area contributed by atoms with Crippen LogP contribution in [-0.2, 0) is 10.2 Å². The molecule has 2 nitrogen and oxygen atoms in total. The van der Waals surface area contributed by atoms with Crippen molar-refractivity contribution < 1.29 is 14.3 Å². The summed E-state index contributed by atoms with van der Waals surface area (Å²) >= 11 is 0. The molecule has 17 heavy (non-hydrogen) atoms. The minimum Gasteiger partial charge on any atom is -0.476 e. The van der Waals surface area contributed by atoms with Crippen molar-refractivity contribution in [3.8, 4) is 0 Å². The molecule has 0 fully saturated rings. The van der Waals surface area contributed by atoms with Crippen LogP contribution < -0.4 is 0 Å². The van der Waals surface area contributed by atoms with Gasteiger partial charge in [-0.3, -0.25) is 0 Å². The summed E-state index contributed by atoms with van der Waals surface area (Å²) in [5.41, 5.74) is 2.06. The second kappa shape index (κ2) is 3.99. The molecule has 1 N–H and O–H groups in total. The zero-order valence-corrected chi connectivity index (χ0v) is 9.96. The number of hydrogen-bond donors (Lipinski definition) is 1. The summed E-state index contributed by atoms with van der Waals surface area (Å²) in [5, 5.41) is 8.76. The van der Waals surface area contributed by atoms with Crippen molar-refractivity contribution in [1.82, 2.24) is 0 Å². The van der Waals surface area contributed by atoms with E-state index in [9.17, 15) is 9.18 Å². The normalized spacial score (nSPS) is 20.6. The third-order valence-corrected chi connectivity index (χ3v) is 3.43. The van der Waals surface area contributed by atoms with Gasteiger partial charge < -0.3 is 5.11 Å². The van der Waals surface area contributed by atoms with Crippen LogP contribution in [0.1, 0.15) is 37.8 Å². The summed E-state index contributed by atoms with van der Waals surface area (Å²) in [6.45, 7) is 4.20. The van der Waals surface area contributed by atoms with Gasteiger partial charge in [-0.2, -0.15) is 4.39 Å². The first kappa shape index (κ1) is 11.8. The van der Waals surface area contributed by atoms with Crippen LogP contribution in [0.5, 0.6) is 0 Å². The smallest absolute Gasteiger partial charge is 0.365 e. The van der Waals surface area contributed by atoms with Crippen LogP contribution in [0.3, 0.4) is 0 Å². The number of aliphatic carboxylic acids is 1. The van der Waals surface area contributed by atoms with Gasteiger partial charge in [-0.15, -0.1) is 0 Å². The topological polar surface area (TPSA) is 37.3 Å². The van der Waals surface area contributed by atoms with Gasteiger partial charge in [0.25, 0.3) is 0 Å². The molecule has 0 unspecified atom stereocenters. The Morgan fingerprint density at radius 1 is 1.35 bits per heavy atom. The van der Waals surface area contributed by atoms with Crippen molar-refractivity contribution in [1.29, 1.82) is 0 Å². The van der Waals surface area contributed by atoms with Crippen molar-refractivity contribution in [3.63, 3.8) is 0 Å².